The van der Waals surface area contributed by atoms with Crippen molar-refractivity contribution in [1.29, 1.82) is 0 Å². The number of hydrogen-bond donors (Lipinski definition) is 3. The van der Waals surface area contributed by atoms with Gasteiger partial charge in [0.15, 0.2) is 0 Å². The molecule has 4 N–H and O–H groups in total. The molecule has 3 aromatic rings. The van der Waals surface area contributed by atoms with Crippen molar-refractivity contribution in [3.8, 4) is 11.5 Å². The fraction of sp³-hybridized carbons (Fsp3) is 0.261. The van der Waals surface area contributed by atoms with E-state index in [1.54, 1.807) is 19.1 Å². The molecule has 0 aromatic heterocycles. The van der Waals surface area contributed by atoms with Crippen LogP contribution in [0.4, 0.5) is 0 Å². The summed E-state index contributed by atoms with van der Waals surface area (Å²) in [5.74, 6) is -0.619. The maximum Gasteiger partial charge on any atom is 0.347 e. The summed E-state index contributed by atoms with van der Waals surface area (Å²) in [7, 11) is 0. The Bertz CT molecular complexity index is 939. The number of ether oxygens (including phenoxy) is 1. The molecular weight excluding hydrogens is 354 g/mol. The van der Waals surface area contributed by atoms with Gasteiger partial charge in [0.1, 0.15) is 11.5 Å². The highest BCUT2D eigenvalue weighted by atomic mass is 16.5. The molecule has 0 amide bonds. The maximum absolute atomic E-state index is 11.0. The zero-order valence-electron chi connectivity index (χ0n) is 16.4. The molecule has 2 atom stereocenters. The number of fused-ring (bicyclic) bond motifs is 1. The van der Waals surface area contributed by atoms with Crippen molar-refractivity contribution in [2.75, 3.05) is 0 Å². The second-order valence-corrected chi connectivity index (χ2v) is 6.88. The molecule has 0 aliphatic heterocycles. The number of carbonyl (C=O) groups is 1. The number of nitrogens with two attached hydrogens (primary N) is 1. The Labute approximate surface area is 165 Å². The minimum absolute atomic E-state index is 0.0522. The Hall–Kier alpha value is -3.05. The van der Waals surface area contributed by atoms with Crippen molar-refractivity contribution < 1.29 is 19.7 Å². The molecule has 0 heterocycles. The monoisotopic (exact) mass is 381 g/mol. The highest BCUT2D eigenvalue weighted by Crippen LogP contribution is 2.24. The van der Waals surface area contributed by atoms with E-state index in [9.17, 15) is 9.90 Å². The van der Waals surface area contributed by atoms with Crippen molar-refractivity contribution >= 4 is 16.7 Å². The first-order chi connectivity index (χ1) is 13.2. The molecule has 5 heteroatoms. The van der Waals surface area contributed by atoms with Gasteiger partial charge >= 0.3 is 5.97 Å². The number of aromatic hydroxyl groups is 1. The minimum Gasteiger partial charge on any atom is -0.508 e. The third kappa shape index (κ3) is 5.47. The fourth-order valence-electron chi connectivity index (χ4n) is 2.57. The van der Waals surface area contributed by atoms with Crippen molar-refractivity contribution in [1.82, 2.24) is 0 Å². The Kier molecular flexibility index (Phi) is 7.01. The van der Waals surface area contributed by atoms with Crippen molar-refractivity contribution in [2.24, 2.45) is 5.73 Å². The minimum atomic E-state index is -1.26. The van der Waals surface area contributed by atoms with E-state index in [-0.39, 0.29) is 11.8 Å². The lowest BCUT2D eigenvalue weighted by atomic mass is 10.0. The number of hydrogen-bond acceptors (Lipinski definition) is 4. The van der Waals surface area contributed by atoms with Gasteiger partial charge in [-0.25, -0.2) is 4.79 Å². The van der Waals surface area contributed by atoms with Crippen LogP contribution in [0.2, 0.25) is 0 Å². The number of carboxylic acids is 1. The van der Waals surface area contributed by atoms with Gasteiger partial charge in [0.25, 0.3) is 0 Å². The average Bonchev–Trinajstić information content (AvgIpc) is 2.67. The first-order valence-corrected chi connectivity index (χ1v) is 9.21. The highest BCUT2D eigenvalue weighted by Gasteiger charge is 2.33. The van der Waals surface area contributed by atoms with Gasteiger partial charge in [0, 0.05) is 12.1 Å². The van der Waals surface area contributed by atoms with E-state index in [0.29, 0.717) is 12.2 Å². The standard InChI is InChI=1S/C12H13N.C11H14O4/c1-9(13)11-7-6-10-4-2-3-5-12(10)8-11;1-3-11(2,10(13)14)15-9-6-4-5-8(12)7-9/h2-9H,13H2,1H3;4-7,12H,3H2,1-2H3,(H,13,14)/t9-;11-/m10/s1. The van der Waals surface area contributed by atoms with Gasteiger partial charge in [-0.1, -0.05) is 49.4 Å². The van der Waals surface area contributed by atoms with E-state index in [0.717, 1.165) is 0 Å². The summed E-state index contributed by atoms with van der Waals surface area (Å²) in [6, 6.07) is 20.9. The lowest BCUT2D eigenvalue weighted by Gasteiger charge is -2.24. The molecule has 0 aliphatic carbocycles. The molecular formula is C23H27NO4. The first kappa shape index (κ1) is 21.3. The van der Waals surface area contributed by atoms with Crippen LogP contribution in [-0.4, -0.2) is 21.8 Å². The number of phenols is 1. The van der Waals surface area contributed by atoms with Crippen LogP contribution in [0.3, 0.4) is 0 Å². The summed E-state index contributed by atoms with van der Waals surface area (Å²) < 4.78 is 5.33. The largest absolute Gasteiger partial charge is 0.508 e. The van der Waals surface area contributed by atoms with Crippen LogP contribution in [0.1, 0.15) is 38.8 Å². The molecule has 0 saturated heterocycles. The van der Waals surface area contributed by atoms with Gasteiger partial charge in [-0.05, 0) is 54.8 Å². The van der Waals surface area contributed by atoms with Gasteiger partial charge in [-0.3, -0.25) is 0 Å². The number of aliphatic carboxylic acids is 1. The number of phenolic OH excluding ortho intramolecular Hbond substituents is 1. The molecule has 28 heavy (non-hydrogen) atoms. The fourth-order valence-corrected chi connectivity index (χ4v) is 2.57. The van der Waals surface area contributed by atoms with E-state index in [1.807, 2.05) is 19.1 Å². The van der Waals surface area contributed by atoms with Crippen LogP contribution in [-0.2, 0) is 4.79 Å². The molecule has 0 bridgehead atoms. The lowest BCUT2D eigenvalue weighted by molar-refractivity contribution is -0.154. The molecule has 0 spiro atoms. The van der Waals surface area contributed by atoms with E-state index in [2.05, 4.69) is 30.3 Å². The van der Waals surface area contributed by atoms with Crippen LogP contribution in [0.25, 0.3) is 10.8 Å². The molecule has 5 nitrogen and oxygen atoms in total. The Morgan fingerprint density at radius 1 is 1.07 bits per heavy atom. The Balaban J connectivity index is 0.000000202. The zero-order valence-corrected chi connectivity index (χ0v) is 16.4. The Morgan fingerprint density at radius 2 is 1.75 bits per heavy atom. The summed E-state index contributed by atoms with van der Waals surface area (Å²) >= 11 is 0. The van der Waals surface area contributed by atoms with E-state index in [4.69, 9.17) is 15.6 Å². The molecule has 3 aromatic carbocycles. The third-order valence-electron chi connectivity index (χ3n) is 4.59. The second kappa shape index (κ2) is 9.24. The van der Waals surface area contributed by atoms with Crippen molar-refractivity contribution in [3.63, 3.8) is 0 Å². The normalized spacial score (nSPS) is 13.7. The summed E-state index contributed by atoms with van der Waals surface area (Å²) in [6.07, 6.45) is 0.345. The molecule has 0 aliphatic rings. The van der Waals surface area contributed by atoms with E-state index < -0.39 is 11.6 Å². The van der Waals surface area contributed by atoms with Gasteiger partial charge in [0.2, 0.25) is 5.60 Å². The average molecular weight is 381 g/mol. The lowest BCUT2D eigenvalue weighted by Crippen LogP contribution is -2.40. The van der Waals surface area contributed by atoms with Crippen LogP contribution in [0, 0.1) is 0 Å². The van der Waals surface area contributed by atoms with Crippen LogP contribution < -0.4 is 10.5 Å². The topological polar surface area (TPSA) is 92.8 Å². The molecule has 0 unspecified atom stereocenters. The molecule has 148 valence electrons. The van der Waals surface area contributed by atoms with Crippen LogP contribution in [0.15, 0.2) is 66.7 Å². The van der Waals surface area contributed by atoms with Gasteiger partial charge in [0.05, 0.1) is 0 Å². The van der Waals surface area contributed by atoms with Crippen LogP contribution in [0.5, 0.6) is 11.5 Å². The van der Waals surface area contributed by atoms with Gasteiger partial charge in [-0.2, -0.15) is 0 Å². The summed E-state index contributed by atoms with van der Waals surface area (Å²) in [4.78, 5) is 11.0. The predicted molar refractivity (Wildman–Crippen MR) is 112 cm³/mol. The van der Waals surface area contributed by atoms with E-state index >= 15 is 0 Å². The third-order valence-corrected chi connectivity index (χ3v) is 4.59. The first-order valence-electron chi connectivity index (χ1n) is 9.21. The Morgan fingerprint density at radius 3 is 2.32 bits per heavy atom. The summed E-state index contributed by atoms with van der Waals surface area (Å²) in [6.45, 7) is 5.24. The molecule has 0 fully saturated rings. The number of carboxylic acid groups (broad SMARTS) is 1. The smallest absolute Gasteiger partial charge is 0.347 e. The van der Waals surface area contributed by atoms with Gasteiger partial charge in [-0.15, -0.1) is 0 Å². The highest BCUT2D eigenvalue weighted by molar-refractivity contribution is 5.83. The molecule has 0 saturated carbocycles. The SMILES string of the molecule is CC[C@](C)(Oc1cccc(O)c1)C(=O)O.C[C@@H](N)c1ccc2ccccc2c1. The summed E-state index contributed by atoms with van der Waals surface area (Å²) in [5.41, 5.74) is 5.74. The quantitative estimate of drug-likeness (QED) is 0.585. The number of benzene rings is 3. The molecule has 0 radical (unpaired) electrons. The second-order valence-electron chi connectivity index (χ2n) is 6.88. The maximum atomic E-state index is 11.0. The molecule has 3 rings (SSSR count). The van der Waals surface area contributed by atoms with Crippen LogP contribution >= 0.6 is 0 Å². The zero-order chi connectivity index (χ0) is 20.7. The summed E-state index contributed by atoms with van der Waals surface area (Å²) in [5, 5.41) is 20.7. The van der Waals surface area contributed by atoms with Gasteiger partial charge < -0.3 is 20.7 Å². The van der Waals surface area contributed by atoms with Crippen molar-refractivity contribution in [2.45, 2.75) is 38.8 Å². The van der Waals surface area contributed by atoms with Crippen molar-refractivity contribution in [3.05, 3.63) is 72.3 Å². The number of rotatable bonds is 5. The predicted octanol–water partition coefficient (Wildman–Crippen LogP) is 4.88. The van der Waals surface area contributed by atoms with E-state index in [1.165, 1.54) is 35.4 Å².